The van der Waals surface area contributed by atoms with Gasteiger partial charge >= 0.3 is 0 Å². The fraction of sp³-hybridized carbons (Fsp3) is 1.00. The molecule has 0 aliphatic carbocycles. The Balaban J connectivity index is 2.14. The lowest BCUT2D eigenvalue weighted by atomic mass is 9.91. The second-order valence-electron chi connectivity index (χ2n) is 3.53. The summed E-state index contributed by atoms with van der Waals surface area (Å²) in [7, 11) is 0. The number of hydrogen-bond donors (Lipinski definition) is 2. The first kappa shape index (κ1) is 9.01. The van der Waals surface area contributed by atoms with Gasteiger partial charge in [-0.15, -0.1) is 0 Å². The number of piperidine rings is 1. The van der Waals surface area contributed by atoms with Gasteiger partial charge in [-0.2, -0.15) is 0 Å². The molecular formula is C9H20N2. The van der Waals surface area contributed by atoms with E-state index in [0.29, 0.717) is 0 Å². The van der Waals surface area contributed by atoms with Crippen molar-refractivity contribution >= 4 is 0 Å². The molecule has 0 radical (unpaired) electrons. The van der Waals surface area contributed by atoms with Crippen molar-refractivity contribution in [2.45, 2.75) is 38.6 Å². The van der Waals surface area contributed by atoms with E-state index in [2.05, 4.69) is 12.2 Å². The van der Waals surface area contributed by atoms with Crippen LogP contribution in [0.1, 0.15) is 32.6 Å². The van der Waals surface area contributed by atoms with Gasteiger partial charge in [0.1, 0.15) is 0 Å². The Labute approximate surface area is 69.5 Å². The molecule has 3 N–H and O–H groups in total. The largest absolute Gasteiger partial charge is 0.330 e. The van der Waals surface area contributed by atoms with Crippen LogP contribution < -0.4 is 11.1 Å². The number of nitrogens with one attached hydrogen (secondary N) is 1. The highest BCUT2D eigenvalue weighted by molar-refractivity contribution is 4.76. The molecule has 2 nitrogen and oxygen atoms in total. The average molecular weight is 156 g/mol. The van der Waals surface area contributed by atoms with Crippen LogP contribution in [0.2, 0.25) is 0 Å². The van der Waals surface area contributed by atoms with Gasteiger partial charge in [0.2, 0.25) is 0 Å². The Bertz CT molecular complexity index is 95.7. The Morgan fingerprint density at radius 1 is 1.45 bits per heavy atom. The quantitative estimate of drug-likeness (QED) is 0.642. The first-order valence-electron chi connectivity index (χ1n) is 4.80. The predicted molar refractivity (Wildman–Crippen MR) is 48.5 cm³/mol. The highest BCUT2D eigenvalue weighted by Gasteiger charge is 2.17. The minimum Gasteiger partial charge on any atom is -0.330 e. The van der Waals surface area contributed by atoms with Crippen LogP contribution in [0.5, 0.6) is 0 Å². The summed E-state index contributed by atoms with van der Waals surface area (Å²) >= 11 is 0. The summed E-state index contributed by atoms with van der Waals surface area (Å²) in [6, 6.07) is 0.782. The fourth-order valence-corrected chi connectivity index (χ4v) is 1.80. The van der Waals surface area contributed by atoms with Crippen molar-refractivity contribution in [3.05, 3.63) is 0 Å². The summed E-state index contributed by atoms with van der Waals surface area (Å²) in [5, 5.41) is 3.55. The molecule has 0 amide bonds. The van der Waals surface area contributed by atoms with Crippen molar-refractivity contribution in [3.8, 4) is 0 Å². The summed E-state index contributed by atoms with van der Waals surface area (Å²) in [5.74, 6) is 0.850. The molecule has 1 rings (SSSR count). The Kier molecular flexibility index (Phi) is 3.87. The standard InChI is InChI=1S/C9H20N2/c1-2-9-4-3-8(5-6-10)7-11-9/h8-9,11H,2-7,10H2,1H3. The molecule has 0 bridgehead atoms. The van der Waals surface area contributed by atoms with Gasteiger partial charge in [-0.25, -0.2) is 0 Å². The van der Waals surface area contributed by atoms with Gasteiger partial charge in [0.05, 0.1) is 0 Å². The Hall–Kier alpha value is -0.0800. The van der Waals surface area contributed by atoms with E-state index < -0.39 is 0 Å². The summed E-state index contributed by atoms with van der Waals surface area (Å²) in [6.45, 7) is 4.29. The normalized spacial score (nSPS) is 32.2. The molecule has 2 atom stereocenters. The summed E-state index contributed by atoms with van der Waals surface area (Å²) in [5.41, 5.74) is 5.50. The third kappa shape index (κ3) is 2.80. The van der Waals surface area contributed by atoms with Crippen molar-refractivity contribution in [3.63, 3.8) is 0 Å². The molecule has 0 saturated carbocycles. The molecule has 0 aromatic heterocycles. The molecule has 0 aromatic carbocycles. The van der Waals surface area contributed by atoms with Crippen molar-refractivity contribution in [2.75, 3.05) is 13.1 Å². The molecular weight excluding hydrogens is 136 g/mol. The number of rotatable bonds is 3. The van der Waals surface area contributed by atoms with E-state index in [1.165, 1.54) is 32.2 Å². The SMILES string of the molecule is CCC1CCC(CCN)CN1. The summed E-state index contributed by atoms with van der Waals surface area (Å²) in [4.78, 5) is 0. The van der Waals surface area contributed by atoms with E-state index in [9.17, 15) is 0 Å². The van der Waals surface area contributed by atoms with Crippen LogP contribution in [-0.2, 0) is 0 Å². The van der Waals surface area contributed by atoms with Gasteiger partial charge in [0, 0.05) is 6.04 Å². The van der Waals surface area contributed by atoms with Gasteiger partial charge in [0.25, 0.3) is 0 Å². The summed E-state index contributed by atoms with van der Waals surface area (Å²) < 4.78 is 0. The van der Waals surface area contributed by atoms with Crippen molar-refractivity contribution in [1.29, 1.82) is 0 Å². The number of nitrogens with two attached hydrogens (primary N) is 1. The maximum atomic E-state index is 5.50. The smallest absolute Gasteiger partial charge is 0.00646 e. The van der Waals surface area contributed by atoms with Crippen molar-refractivity contribution in [2.24, 2.45) is 11.7 Å². The van der Waals surface area contributed by atoms with Gasteiger partial charge < -0.3 is 11.1 Å². The molecule has 0 spiro atoms. The van der Waals surface area contributed by atoms with Crippen molar-refractivity contribution < 1.29 is 0 Å². The highest BCUT2D eigenvalue weighted by Crippen LogP contribution is 2.17. The molecule has 1 aliphatic heterocycles. The third-order valence-corrected chi connectivity index (χ3v) is 2.69. The monoisotopic (exact) mass is 156 g/mol. The van der Waals surface area contributed by atoms with E-state index in [-0.39, 0.29) is 0 Å². The predicted octanol–water partition coefficient (Wildman–Crippen LogP) is 1.11. The minimum absolute atomic E-state index is 0.782. The molecule has 0 aromatic rings. The molecule has 66 valence electrons. The zero-order chi connectivity index (χ0) is 8.10. The summed E-state index contributed by atoms with van der Waals surface area (Å²) in [6.07, 6.45) is 5.20. The van der Waals surface area contributed by atoms with Crippen LogP contribution in [-0.4, -0.2) is 19.1 Å². The van der Waals surface area contributed by atoms with Gasteiger partial charge in [-0.1, -0.05) is 6.92 Å². The van der Waals surface area contributed by atoms with Crippen LogP contribution in [0.3, 0.4) is 0 Å². The van der Waals surface area contributed by atoms with Gasteiger partial charge in [0.15, 0.2) is 0 Å². The topological polar surface area (TPSA) is 38.0 Å². The maximum Gasteiger partial charge on any atom is 0.00646 e. The van der Waals surface area contributed by atoms with Crippen molar-refractivity contribution in [1.82, 2.24) is 5.32 Å². The zero-order valence-electron chi connectivity index (χ0n) is 7.47. The maximum absolute atomic E-state index is 5.50. The first-order chi connectivity index (χ1) is 5.36. The molecule has 1 saturated heterocycles. The number of hydrogen-bond acceptors (Lipinski definition) is 2. The molecule has 1 heterocycles. The minimum atomic E-state index is 0.782. The van der Waals surface area contributed by atoms with Crippen LogP contribution >= 0.6 is 0 Å². The zero-order valence-corrected chi connectivity index (χ0v) is 7.47. The average Bonchev–Trinajstić information content (AvgIpc) is 2.07. The second-order valence-corrected chi connectivity index (χ2v) is 3.53. The lowest BCUT2D eigenvalue weighted by Crippen LogP contribution is -2.38. The molecule has 1 fully saturated rings. The first-order valence-corrected chi connectivity index (χ1v) is 4.80. The Morgan fingerprint density at radius 2 is 2.27 bits per heavy atom. The van der Waals surface area contributed by atoms with E-state index in [0.717, 1.165) is 18.5 Å². The fourth-order valence-electron chi connectivity index (χ4n) is 1.80. The Morgan fingerprint density at radius 3 is 2.73 bits per heavy atom. The molecule has 11 heavy (non-hydrogen) atoms. The third-order valence-electron chi connectivity index (χ3n) is 2.69. The van der Waals surface area contributed by atoms with E-state index in [1.807, 2.05) is 0 Å². The van der Waals surface area contributed by atoms with E-state index >= 15 is 0 Å². The van der Waals surface area contributed by atoms with Crippen LogP contribution in [0.25, 0.3) is 0 Å². The van der Waals surface area contributed by atoms with Crippen LogP contribution in [0, 0.1) is 5.92 Å². The molecule has 2 heteroatoms. The molecule has 2 unspecified atom stereocenters. The molecule has 1 aliphatic rings. The highest BCUT2D eigenvalue weighted by atomic mass is 14.9. The lowest BCUT2D eigenvalue weighted by Gasteiger charge is -2.28. The van der Waals surface area contributed by atoms with Crippen LogP contribution in [0.4, 0.5) is 0 Å². The van der Waals surface area contributed by atoms with Gasteiger partial charge in [-0.3, -0.25) is 0 Å². The van der Waals surface area contributed by atoms with E-state index in [1.54, 1.807) is 0 Å². The van der Waals surface area contributed by atoms with Crippen LogP contribution in [0.15, 0.2) is 0 Å². The lowest BCUT2D eigenvalue weighted by molar-refractivity contribution is 0.295. The van der Waals surface area contributed by atoms with Gasteiger partial charge in [-0.05, 0) is 44.7 Å². The van der Waals surface area contributed by atoms with E-state index in [4.69, 9.17) is 5.73 Å². The second kappa shape index (κ2) is 4.73.